The van der Waals surface area contributed by atoms with E-state index in [-0.39, 0.29) is 18.1 Å². The van der Waals surface area contributed by atoms with Crippen molar-refractivity contribution in [2.75, 3.05) is 31.1 Å². The minimum Gasteiger partial charge on any atom is -0.481 e. The summed E-state index contributed by atoms with van der Waals surface area (Å²) in [5.74, 6) is -2.28. The summed E-state index contributed by atoms with van der Waals surface area (Å²) in [5.41, 5.74) is 0.971. The van der Waals surface area contributed by atoms with Gasteiger partial charge in [0.1, 0.15) is 0 Å². The van der Waals surface area contributed by atoms with Crippen LogP contribution in [0.4, 0.5) is 5.69 Å². The lowest BCUT2D eigenvalue weighted by Crippen LogP contribution is -2.53. The first kappa shape index (κ1) is 17.9. The summed E-state index contributed by atoms with van der Waals surface area (Å²) in [7, 11) is 0. The normalized spacial score (nSPS) is 30.7. The van der Waals surface area contributed by atoms with E-state index < -0.39 is 17.8 Å². The van der Waals surface area contributed by atoms with Crippen molar-refractivity contribution in [3.05, 3.63) is 28.2 Å². The van der Waals surface area contributed by atoms with Crippen LogP contribution in [-0.4, -0.2) is 60.3 Å². The molecule has 1 N–H and O–H groups in total. The number of amides is 1. The molecule has 0 unspecified atom stereocenters. The van der Waals surface area contributed by atoms with Gasteiger partial charge in [-0.1, -0.05) is 23.2 Å². The van der Waals surface area contributed by atoms with Crippen LogP contribution in [0.1, 0.15) is 12.8 Å². The van der Waals surface area contributed by atoms with Gasteiger partial charge in [0.25, 0.3) is 0 Å². The van der Waals surface area contributed by atoms with E-state index in [0.29, 0.717) is 36.2 Å². The van der Waals surface area contributed by atoms with Gasteiger partial charge in [-0.05, 0) is 31.0 Å². The molecule has 1 amide bonds. The van der Waals surface area contributed by atoms with E-state index in [1.54, 1.807) is 11.0 Å². The van der Waals surface area contributed by atoms with Crippen molar-refractivity contribution in [3.8, 4) is 0 Å². The monoisotopic (exact) mass is 398 g/mol. The number of rotatable bonds is 3. The second kappa shape index (κ2) is 6.91. The van der Waals surface area contributed by atoms with Gasteiger partial charge in [-0.3, -0.25) is 9.59 Å². The first-order valence-corrected chi connectivity index (χ1v) is 9.58. The maximum Gasteiger partial charge on any atom is 0.310 e. The molecule has 6 nitrogen and oxygen atoms in total. The summed E-state index contributed by atoms with van der Waals surface area (Å²) in [5, 5.41) is 10.5. The predicted molar refractivity (Wildman–Crippen MR) is 97.8 cm³/mol. The lowest BCUT2D eigenvalue weighted by Gasteiger charge is -2.38. The third-order valence-electron chi connectivity index (χ3n) is 5.70. The van der Waals surface area contributed by atoms with Crippen LogP contribution in [0.15, 0.2) is 18.2 Å². The molecule has 3 aliphatic rings. The molecule has 3 saturated heterocycles. The van der Waals surface area contributed by atoms with Crippen molar-refractivity contribution in [1.29, 1.82) is 0 Å². The fourth-order valence-corrected chi connectivity index (χ4v) is 4.68. The zero-order valence-corrected chi connectivity index (χ0v) is 15.6. The molecule has 3 fully saturated rings. The number of hydrogen-bond acceptors (Lipinski definition) is 4. The lowest BCUT2D eigenvalue weighted by atomic mass is 9.78. The number of halogens is 2. The smallest absolute Gasteiger partial charge is 0.310 e. The minimum atomic E-state index is -0.926. The molecule has 4 rings (SSSR count). The molecule has 0 aromatic heterocycles. The van der Waals surface area contributed by atoms with Crippen LogP contribution in [0.3, 0.4) is 0 Å². The van der Waals surface area contributed by atoms with Gasteiger partial charge >= 0.3 is 5.97 Å². The Labute approximate surface area is 161 Å². The second-order valence-electron chi connectivity index (χ2n) is 7.09. The molecular weight excluding hydrogens is 379 g/mol. The largest absolute Gasteiger partial charge is 0.481 e. The number of benzene rings is 1. The number of piperazine rings is 1. The number of anilines is 1. The Bertz CT molecular complexity index is 736. The molecule has 26 heavy (non-hydrogen) atoms. The van der Waals surface area contributed by atoms with Gasteiger partial charge in [-0.15, -0.1) is 0 Å². The molecule has 1 aromatic rings. The molecule has 3 heterocycles. The van der Waals surface area contributed by atoms with Gasteiger partial charge in [-0.2, -0.15) is 0 Å². The maximum absolute atomic E-state index is 13.0. The average molecular weight is 399 g/mol. The van der Waals surface area contributed by atoms with Crippen molar-refractivity contribution in [2.45, 2.75) is 25.0 Å². The van der Waals surface area contributed by atoms with Crippen LogP contribution in [0.25, 0.3) is 0 Å². The highest BCUT2D eigenvalue weighted by Crippen LogP contribution is 2.44. The number of carboxylic acid groups (broad SMARTS) is 1. The molecule has 2 bridgehead atoms. The summed E-state index contributed by atoms with van der Waals surface area (Å²) < 4.78 is 5.72. The van der Waals surface area contributed by atoms with Crippen molar-refractivity contribution in [2.24, 2.45) is 11.8 Å². The Morgan fingerprint density at radius 3 is 2.27 bits per heavy atom. The minimum absolute atomic E-state index is 0.0848. The van der Waals surface area contributed by atoms with E-state index in [1.807, 2.05) is 12.1 Å². The highest BCUT2D eigenvalue weighted by Gasteiger charge is 2.56. The van der Waals surface area contributed by atoms with Gasteiger partial charge in [-0.25, -0.2) is 0 Å². The van der Waals surface area contributed by atoms with E-state index in [2.05, 4.69) is 4.90 Å². The van der Waals surface area contributed by atoms with E-state index in [4.69, 9.17) is 27.9 Å². The molecule has 1 aromatic carbocycles. The number of fused-ring (bicyclic) bond motifs is 2. The quantitative estimate of drug-likeness (QED) is 0.846. The molecule has 8 heteroatoms. The SMILES string of the molecule is O=C(O)[C@@H]1[C@H](C(=O)N2CCN(c3ccc(Cl)c(Cl)c3)CC2)[C@@H]2CC[C@H]1O2. The van der Waals surface area contributed by atoms with Crippen LogP contribution < -0.4 is 4.90 Å². The van der Waals surface area contributed by atoms with E-state index in [1.165, 1.54) is 0 Å². The number of hydrogen-bond donors (Lipinski definition) is 1. The van der Waals surface area contributed by atoms with Crippen LogP contribution in [0, 0.1) is 11.8 Å². The molecule has 0 saturated carbocycles. The van der Waals surface area contributed by atoms with Gasteiger partial charge in [0.2, 0.25) is 5.91 Å². The van der Waals surface area contributed by atoms with Gasteiger partial charge < -0.3 is 19.6 Å². The molecule has 0 spiro atoms. The number of ether oxygens (including phenoxy) is 1. The molecule has 140 valence electrons. The second-order valence-corrected chi connectivity index (χ2v) is 7.91. The zero-order chi connectivity index (χ0) is 18.4. The molecular formula is C18H20Cl2N2O4. The predicted octanol–water partition coefficient (Wildman–Crippen LogP) is 2.52. The number of nitrogens with zero attached hydrogens (tertiary/aromatic N) is 2. The Hall–Kier alpha value is -1.50. The third kappa shape index (κ3) is 3.04. The van der Waals surface area contributed by atoms with Gasteiger partial charge in [0, 0.05) is 31.9 Å². The van der Waals surface area contributed by atoms with E-state index in [0.717, 1.165) is 18.5 Å². The summed E-state index contributed by atoms with van der Waals surface area (Å²) >= 11 is 12.1. The first-order chi connectivity index (χ1) is 12.5. The lowest BCUT2D eigenvalue weighted by molar-refractivity contribution is -0.151. The van der Waals surface area contributed by atoms with Crippen LogP contribution >= 0.6 is 23.2 Å². The number of carbonyl (C=O) groups excluding carboxylic acids is 1. The highest BCUT2D eigenvalue weighted by atomic mass is 35.5. The Kier molecular flexibility index (Phi) is 4.75. The molecule has 4 atom stereocenters. The van der Waals surface area contributed by atoms with Crippen molar-refractivity contribution < 1.29 is 19.4 Å². The highest BCUT2D eigenvalue weighted by molar-refractivity contribution is 6.42. The average Bonchev–Trinajstić information content (AvgIpc) is 3.25. The Balaban J connectivity index is 1.42. The molecule has 0 aliphatic carbocycles. The number of carbonyl (C=O) groups is 2. The summed E-state index contributed by atoms with van der Waals surface area (Å²) in [6, 6.07) is 5.50. The maximum atomic E-state index is 13.0. The van der Waals surface area contributed by atoms with Crippen molar-refractivity contribution in [3.63, 3.8) is 0 Å². The van der Waals surface area contributed by atoms with Crippen LogP contribution in [0.2, 0.25) is 10.0 Å². The Morgan fingerprint density at radius 1 is 1.00 bits per heavy atom. The van der Waals surface area contributed by atoms with Crippen molar-refractivity contribution in [1.82, 2.24) is 4.90 Å². The topological polar surface area (TPSA) is 70.1 Å². The Morgan fingerprint density at radius 2 is 1.65 bits per heavy atom. The van der Waals surface area contributed by atoms with Gasteiger partial charge in [0.15, 0.2) is 0 Å². The fourth-order valence-electron chi connectivity index (χ4n) is 4.38. The first-order valence-electron chi connectivity index (χ1n) is 8.83. The number of carboxylic acids is 1. The van der Waals surface area contributed by atoms with Crippen LogP contribution in [-0.2, 0) is 14.3 Å². The molecule has 3 aliphatic heterocycles. The standard InChI is InChI=1S/C18H20Cl2N2O4/c19-11-2-1-10(9-12(11)20)21-5-7-22(8-6-21)17(23)15-13-3-4-14(26-13)16(15)18(24)25/h1-2,9,13-16H,3-8H2,(H,24,25)/t13-,14+,15+,16-/m0/s1. The zero-order valence-electron chi connectivity index (χ0n) is 14.1. The van der Waals surface area contributed by atoms with Gasteiger partial charge in [0.05, 0.1) is 34.1 Å². The third-order valence-corrected chi connectivity index (χ3v) is 6.44. The van der Waals surface area contributed by atoms with Crippen molar-refractivity contribution >= 4 is 40.8 Å². The van der Waals surface area contributed by atoms with Crippen LogP contribution in [0.5, 0.6) is 0 Å². The van der Waals surface area contributed by atoms with E-state index >= 15 is 0 Å². The summed E-state index contributed by atoms with van der Waals surface area (Å²) in [4.78, 5) is 28.5. The summed E-state index contributed by atoms with van der Waals surface area (Å²) in [6.07, 6.45) is 0.940. The fraction of sp³-hybridized carbons (Fsp3) is 0.556. The summed E-state index contributed by atoms with van der Waals surface area (Å²) in [6.45, 7) is 2.45. The molecule has 0 radical (unpaired) electrons. The number of aliphatic carboxylic acids is 1. The van der Waals surface area contributed by atoms with E-state index in [9.17, 15) is 14.7 Å².